The molecule has 1 heterocycles. The number of rotatable bonds is 2. The highest BCUT2D eigenvalue weighted by atomic mass is 19.4. The van der Waals surface area contributed by atoms with E-state index < -0.39 is 29.0 Å². The van der Waals surface area contributed by atoms with Gasteiger partial charge in [-0.05, 0) is 42.5 Å². The molecule has 0 radical (unpaired) electrons. The summed E-state index contributed by atoms with van der Waals surface area (Å²) in [6.45, 7) is 0. The van der Waals surface area contributed by atoms with E-state index >= 15 is 0 Å². The van der Waals surface area contributed by atoms with E-state index in [0.717, 1.165) is 30.4 Å². The first kappa shape index (κ1) is 18.6. The summed E-state index contributed by atoms with van der Waals surface area (Å²) >= 11 is 0. The summed E-state index contributed by atoms with van der Waals surface area (Å²) < 4.78 is 79.0. The fourth-order valence-corrected chi connectivity index (χ4v) is 3.63. The van der Waals surface area contributed by atoms with Crippen LogP contribution in [-0.4, -0.2) is 9.97 Å². The van der Waals surface area contributed by atoms with Gasteiger partial charge in [0.15, 0.2) is 0 Å². The highest BCUT2D eigenvalue weighted by Crippen LogP contribution is 2.40. The molecule has 148 valence electrons. The van der Waals surface area contributed by atoms with E-state index in [-0.39, 0.29) is 23.6 Å². The van der Waals surface area contributed by atoms with Crippen LogP contribution < -0.4 is 5.32 Å². The Bertz CT molecular complexity index is 1020. The smallest absolute Gasteiger partial charge is 0.349 e. The minimum Gasteiger partial charge on any atom is -0.349 e. The first-order valence-electron chi connectivity index (χ1n) is 8.65. The number of fused-ring (bicyclic) bond motifs is 2. The van der Waals surface area contributed by atoms with Gasteiger partial charge >= 0.3 is 12.4 Å². The van der Waals surface area contributed by atoms with Crippen LogP contribution in [0.25, 0.3) is 11.0 Å². The molecule has 0 saturated heterocycles. The van der Waals surface area contributed by atoms with Crippen molar-refractivity contribution in [1.29, 1.82) is 0 Å². The molecule has 1 aliphatic carbocycles. The highest BCUT2D eigenvalue weighted by molar-refractivity contribution is 5.82. The number of aryl methyl sites for hydroxylation is 1. The van der Waals surface area contributed by atoms with E-state index in [1.54, 1.807) is 0 Å². The molecular formula is C19H15F6N3. The van der Waals surface area contributed by atoms with Crippen molar-refractivity contribution >= 4 is 17.0 Å². The van der Waals surface area contributed by atoms with Crippen molar-refractivity contribution in [3.63, 3.8) is 0 Å². The van der Waals surface area contributed by atoms with Gasteiger partial charge in [-0.15, -0.1) is 0 Å². The summed E-state index contributed by atoms with van der Waals surface area (Å²) in [6, 6.07) is 8.27. The molecule has 1 aliphatic rings. The molecule has 3 nitrogen and oxygen atoms in total. The molecule has 2 aromatic carbocycles. The second kappa shape index (κ2) is 6.42. The Morgan fingerprint density at radius 1 is 1.00 bits per heavy atom. The number of anilines is 1. The van der Waals surface area contributed by atoms with Crippen LogP contribution in [-0.2, 0) is 18.8 Å². The molecule has 1 unspecified atom stereocenters. The number of halogens is 6. The van der Waals surface area contributed by atoms with Crippen molar-refractivity contribution in [3.05, 3.63) is 58.7 Å². The number of H-pyrrole nitrogens is 1. The average Bonchev–Trinajstić information content (AvgIpc) is 3.02. The molecule has 0 aliphatic heterocycles. The Kier molecular flexibility index (Phi) is 4.28. The lowest BCUT2D eigenvalue weighted by molar-refractivity contribution is -0.142. The molecule has 28 heavy (non-hydrogen) atoms. The van der Waals surface area contributed by atoms with Crippen LogP contribution in [0.15, 0.2) is 36.4 Å². The molecule has 3 aromatic rings. The normalized spacial score (nSPS) is 17.6. The van der Waals surface area contributed by atoms with Crippen molar-refractivity contribution < 1.29 is 26.3 Å². The summed E-state index contributed by atoms with van der Waals surface area (Å²) in [5.74, 6) is 0.0153. The number of nitrogens with one attached hydrogen (secondary N) is 2. The third kappa shape index (κ3) is 3.41. The van der Waals surface area contributed by atoms with Gasteiger partial charge in [-0.2, -0.15) is 26.3 Å². The van der Waals surface area contributed by atoms with Gasteiger partial charge in [0.05, 0.1) is 22.7 Å². The highest BCUT2D eigenvalue weighted by Gasteiger charge is 2.39. The summed E-state index contributed by atoms with van der Waals surface area (Å²) in [6.07, 6.45) is -7.31. The van der Waals surface area contributed by atoms with Gasteiger partial charge in [0.25, 0.3) is 0 Å². The maximum Gasteiger partial charge on any atom is 0.418 e. The topological polar surface area (TPSA) is 40.7 Å². The molecule has 4 rings (SSSR count). The third-order valence-corrected chi connectivity index (χ3v) is 4.90. The van der Waals surface area contributed by atoms with Crippen molar-refractivity contribution in [2.24, 2.45) is 0 Å². The Morgan fingerprint density at radius 3 is 2.46 bits per heavy atom. The van der Waals surface area contributed by atoms with Crippen LogP contribution in [0.5, 0.6) is 0 Å². The maximum absolute atomic E-state index is 13.3. The van der Waals surface area contributed by atoms with E-state index in [4.69, 9.17) is 0 Å². The van der Waals surface area contributed by atoms with Gasteiger partial charge in [0.1, 0.15) is 5.52 Å². The molecule has 1 aromatic heterocycles. The predicted octanol–water partition coefficient (Wildman–Crippen LogP) is 6.09. The molecule has 0 saturated carbocycles. The standard InChI is InChI=1S/C19H15F6N3/c20-18(21,22)11-8-13(19(23,24)25)16-15(9-11)27-17(28-16)26-14-7-3-5-10-4-1-2-6-12(10)14/h1-2,4,6,8-9,14H,3,5,7H2,(H2,26,27,28). The van der Waals surface area contributed by atoms with E-state index in [9.17, 15) is 26.3 Å². The Hall–Kier alpha value is -2.71. The number of hydrogen-bond donors (Lipinski definition) is 2. The second-order valence-electron chi connectivity index (χ2n) is 6.79. The quantitative estimate of drug-likeness (QED) is 0.512. The van der Waals surface area contributed by atoms with Crippen LogP contribution in [0.4, 0.5) is 32.3 Å². The van der Waals surface area contributed by atoms with Gasteiger partial charge in [-0.25, -0.2) is 4.98 Å². The first-order chi connectivity index (χ1) is 13.1. The number of aromatic nitrogens is 2. The van der Waals surface area contributed by atoms with Crippen molar-refractivity contribution in [1.82, 2.24) is 9.97 Å². The van der Waals surface area contributed by atoms with Gasteiger partial charge in [-0.3, -0.25) is 0 Å². The van der Waals surface area contributed by atoms with Crippen LogP contribution in [0.3, 0.4) is 0 Å². The lowest BCUT2D eigenvalue weighted by Gasteiger charge is -2.26. The zero-order valence-corrected chi connectivity index (χ0v) is 14.4. The van der Waals surface area contributed by atoms with E-state index in [1.807, 2.05) is 24.3 Å². The summed E-state index contributed by atoms with van der Waals surface area (Å²) in [7, 11) is 0. The fourth-order valence-electron chi connectivity index (χ4n) is 3.63. The van der Waals surface area contributed by atoms with Gasteiger partial charge in [0, 0.05) is 0 Å². The zero-order chi connectivity index (χ0) is 20.1. The Morgan fingerprint density at radius 2 is 1.75 bits per heavy atom. The van der Waals surface area contributed by atoms with E-state index in [2.05, 4.69) is 15.3 Å². The average molecular weight is 399 g/mol. The lowest BCUT2D eigenvalue weighted by atomic mass is 9.88. The molecular weight excluding hydrogens is 384 g/mol. The second-order valence-corrected chi connectivity index (χ2v) is 6.79. The molecule has 0 spiro atoms. The predicted molar refractivity (Wildman–Crippen MR) is 91.8 cm³/mol. The Labute approximate surface area is 155 Å². The van der Waals surface area contributed by atoms with E-state index in [0.29, 0.717) is 6.07 Å². The van der Waals surface area contributed by atoms with Crippen molar-refractivity contribution in [2.75, 3.05) is 5.32 Å². The minimum absolute atomic E-state index is 0.0153. The zero-order valence-electron chi connectivity index (χ0n) is 14.4. The number of nitrogens with zero attached hydrogens (tertiary/aromatic N) is 1. The summed E-state index contributed by atoms with van der Waals surface area (Å²) in [5, 5.41) is 3.05. The molecule has 0 bridgehead atoms. The van der Waals surface area contributed by atoms with E-state index in [1.165, 1.54) is 0 Å². The van der Waals surface area contributed by atoms with Crippen LogP contribution >= 0.6 is 0 Å². The fraction of sp³-hybridized carbons (Fsp3) is 0.316. The Balaban J connectivity index is 1.76. The largest absolute Gasteiger partial charge is 0.418 e. The van der Waals surface area contributed by atoms with Crippen LogP contribution in [0, 0.1) is 0 Å². The number of aromatic amines is 1. The summed E-state index contributed by atoms with van der Waals surface area (Å²) in [5.41, 5.74) is -1.48. The van der Waals surface area contributed by atoms with Gasteiger partial charge < -0.3 is 10.3 Å². The first-order valence-corrected chi connectivity index (χ1v) is 8.65. The SMILES string of the molecule is FC(F)(F)c1cc(C(F)(F)F)c2nc(NC3CCCc4ccccc43)[nH]c2c1. The minimum atomic E-state index is -4.95. The monoisotopic (exact) mass is 399 g/mol. The van der Waals surface area contributed by atoms with Gasteiger partial charge in [0.2, 0.25) is 5.95 Å². The van der Waals surface area contributed by atoms with Crippen molar-refractivity contribution in [3.8, 4) is 0 Å². The number of hydrogen-bond acceptors (Lipinski definition) is 2. The number of alkyl halides is 6. The maximum atomic E-state index is 13.3. The van der Waals surface area contributed by atoms with Crippen molar-refractivity contribution in [2.45, 2.75) is 37.7 Å². The molecule has 2 N–H and O–H groups in total. The molecule has 0 amide bonds. The lowest BCUT2D eigenvalue weighted by Crippen LogP contribution is -2.17. The van der Waals surface area contributed by atoms with Crippen LogP contribution in [0.1, 0.15) is 41.1 Å². The van der Waals surface area contributed by atoms with Gasteiger partial charge in [-0.1, -0.05) is 24.3 Å². The van der Waals surface area contributed by atoms with Crippen LogP contribution in [0.2, 0.25) is 0 Å². The number of imidazole rings is 1. The molecule has 0 fully saturated rings. The molecule has 1 atom stereocenters. The summed E-state index contributed by atoms with van der Waals surface area (Å²) in [4.78, 5) is 6.49. The third-order valence-electron chi connectivity index (χ3n) is 4.90. The molecule has 9 heteroatoms. The number of benzene rings is 2.